The molecule has 96 valence electrons. The molecule has 17 heavy (non-hydrogen) atoms. The molecule has 0 spiro atoms. The van der Waals surface area contributed by atoms with Gasteiger partial charge in [-0.25, -0.2) is 4.79 Å². The zero-order chi connectivity index (χ0) is 13.3. The Morgan fingerprint density at radius 2 is 1.82 bits per heavy atom. The summed E-state index contributed by atoms with van der Waals surface area (Å²) in [5.74, 6) is -0.820. The van der Waals surface area contributed by atoms with Crippen LogP contribution in [0.15, 0.2) is 12.2 Å². The van der Waals surface area contributed by atoms with Gasteiger partial charge in [-0.3, -0.25) is 9.59 Å². The summed E-state index contributed by atoms with van der Waals surface area (Å²) in [5, 5.41) is 2.61. The van der Waals surface area contributed by atoms with E-state index in [1.54, 1.807) is 6.92 Å². The molecule has 1 amide bonds. The van der Waals surface area contributed by atoms with Crippen LogP contribution >= 0.6 is 0 Å². The minimum absolute atomic E-state index is 0.0787. The van der Waals surface area contributed by atoms with E-state index in [0.717, 1.165) is 0 Å². The average molecular weight is 241 g/mol. The molecule has 0 atom stereocenters. The quantitative estimate of drug-likeness (QED) is 0.297. The number of rotatable bonds is 8. The molecule has 0 bridgehead atoms. The Bertz CT molecular complexity index is 310. The van der Waals surface area contributed by atoms with Crippen LogP contribution in [0.25, 0.3) is 0 Å². The first-order chi connectivity index (χ1) is 7.93. The fraction of sp³-hybridized carbons (Fsp3) is 0.583. The molecule has 0 rings (SSSR count). The van der Waals surface area contributed by atoms with Crippen molar-refractivity contribution in [2.75, 3.05) is 13.2 Å². The molecular weight excluding hydrogens is 222 g/mol. The van der Waals surface area contributed by atoms with Gasteiger partial charge in [0.1, 0.15) is 5.78 Å². The molecule has 0 aliphatic rings. The van der Waals surface area contributed by atoms with Crippen molar-refractivity contribution >= 4 is 17.7 Å². The first-order valence-electron chi connectivity index (χ1n) is 5.52. The van der Waals surface area contributed by atoms with Gasteiger partial charge in [-0.15, -0.1) is 0 Å². The minimum atomic E-state index is -0.398. The molecule has 0 aliphatic carbocycles. The van der Waals surface area contributed by atoms with Gasteiger partial charge in [-0.1, -0.05) is 6.58 Å². The summed E-state index contributed by atoms with van der Waals surface area (Å²) in [6, 6.07) is 0. The lowest BCUT2D eigenvalue weighted by Crippen LogP contribution is -2.26. The molecule has 0 aromatic heterocycles. The van der Waals surface area contributed by atoms with Crippen LogP contribution in [0.4, 0.5) is 0 Å². The molecule has 0 aromatic rings. The van der Waals surface area contributed by atoms with Crippen molar-refractivity contribution in [3.8, 4) is 0 Å². The van der Waals surface area contributed by atoms with Crippen LogP contribution in [0, 0.1) is 0 Å². The van der Waals surface area contributed by atoms with Crippen molar-refractivity contribution in [2.24, 2.45) is 0 Å². The van der Waals surface area contributed by atoms with Crippen molar-refractivity contribution in [1.29, 1.82) is 0 Å². The lowest BCUT2D eigenvalue weighted by atomic mass is 10.3. The van der Waals surface area contributed by atoms with Gasteiger partial charge in [-0.05, 0) is 26.7 Å². The Labute approximate surface area is 101 Å². The summed E-state index contributed by atoms with van der Waals surface area (Å²) in [6.07, 6.45) is 1.29. The topological polar surface area (TPSA) is 72.5 Å². The maximum absolute atomic E-state index is 11.1. The van der Waals surface area contributed by atoms with E-state index in [1.807, 2.05) is 0 Å². The molecule has 1 N–H and O–H groups in total. The molecule has 0 unspecified atom stereocenters. The predicted molar refractivity (Wildman–Crippen MR) is 63.3 cm³/mol. The normalized spacial score (nSPS) is 9.53. The van der Waals surface area contributed by atoms with Crippen LogP contribution in [-0.2, 0) is 19.1 Å². The number of unbranched alkanes of at least 4 members (excludes halogenated alkanes) is 1. The third-order valence-corrected chi connectivity index (χ3v) is 1.88. The van der Waals surface area contributed by atoms with Crippen molar-refractivity contribution in [3.63, 3.8) is 0 Å². The van der Waals surface area contributed by atoms with Crippen LogP contribution in [0.2, 0.25) is 0 Å². The van der Waals surface area contributed by atoms with Crippen LogP contribution in [0.5, 0.6) is 0 Å². The van der Waals surface area contributed by atoms with Crippen LogP contribution in [-0.4, -0.2) is 30.8 Å². The molecule has 5 nitrogen and oxygen atoms in total. The maximum atomic E-state index is 11.1. The largest absolute Gasteiger partial charge is 0.462 e. The number of Topliss-reactive ketones (excluding diaryl/α,β-unsaturated/α-hetero) is 1. The Hall–Kier alpha value is -1.65. The first kappa shape index (κ1) is 15.3. The van der Waals surface area contributed by atoms with E-state index in [2.05, 4.69) is 11.9 Å². The second-order valence-electron chi connectivity index (χ2n) is 3.85. The smallest absolute Gasteiger partial charge is 0.333 e. The highest BCUT2D eigenvalue weighted by atomic mass is 16.5. The molecule has 0 fully saturated rings. The van der Waals surface area contributed by atoms with Crippen molar-refractivity contribution in [3.05, 3.63) is 12.2 Å². The predicted octanol–water partition coefficient (Wildman–Crippen LogP) is 0.981. The highest BCUT2D eigenvalue weighted by Gasteiger charge is 2.04. The number of ether oxygens (including phenoxy) is 1. The van der Waals surface area contributed by atoms with E-state index >= 15 is 0 Å². The van der Waals surface area contributed by atoms with Crippen molar-refractivity contribution in [1.82, 2.24) is 5.32 Å². The molecule has 0 aliphatic heterocycles. The monoisotopic (exact) mass is 241 g/mol. The second-order valence-corrected chi connectivity index (χ2v) is 3.85. The number of carbonyl (C=O) groups excluding carboxylic acids is 3. The van der Waals surface area contributed by atoms with E-state index in [9.17, 15) is 14.4 Å². The Balaban J connectivity index is 3.41. The van der Waals surface area contributed by atoms with E-state index in [4.69, 9.17) is 4.74 Å². The fourth-order valence-corrected chi connectivity index (χ4v) is 1.03. The average Bonchev–Trinajstić information content (AvgIpc) is 2.21. The number of carbonyl (C=O) groups is 3. The molecule has 0 radical (unpaired) electrons. The van der Waals surface area contributed by atoms with E-state index in [1.165, 1.54) is 6.92 Å². The van der Waals surface area contributed by atoms with E-state index in [0.29, 0.717) is 31.6 Å². The SMILES string of the molecule is C=C(C)C(=O)OCCCCNC(=O)CC(C)=O. The number of amides is 1. The van der Waals surface area contributed by atoms with Gasteiger partial charge in [0.25, 0.3) is 0 Å². The molecule has 0 heterocycles. The second kappa shape index (κ2) is 8.50. The molecule has 0 aromatic carbocycles. The highest BCUT2D eigenvalue weighted by Crippen LogP contribution is 1.95. The maximum Gasteiger partial charge on any atom is 0.333 e. The van der Waals surface area contributed by atoms with Crippen molar-refractivity contribution in [2.45, 2.75) is 33.1 Å². The summed E-state index contributed by atoms with van der Waals surface area (Å²) in [7, 11) is 0. The Kier molecular flexibility index (Phi) is 7.67. The number of ketones is 1. The summed E-state index contributed by atoms with van der Waals surface area (Å²) < 4.78 is 4.87. The number of hydrogen-bond donors (Lipinski definition) is 1. The molecular formula is C12H19NO4. The summed E-state index contributed by atoms with van der Waals surface area (Å²) in [6.45, 7) is 7.21. The Morgan fingerprint density at radius 1 is 1.18 bits per heavy atom. The van der Waals surface area contributed by atoms with Gasteiger partial charge in [-0.2, -0.15) is 0 Å². The number of hydrogen-bond acceptors (Lipinski definition) is 4. The standard InChI is InChI=1S/C12H19NO4/c1-9(2)12(16)17-7-5-4-6-13-11(15)8-10(3)14/h1,4-8H2,2-3H3,(H,13,15). The zero-order valence-electron chi connectivity index (χ0n) is 10.4. The highest BCUT2D eigenvalue weighted by molar-refractivity contribution is 5.96. The molecule has 0 saturated heterocycles. The van der Waals surface area contributed by atoms with E-state index < -0.39 is 5.97 Å². The van der Waals surface area contributed by atoms with E-state index in [-0.39, 0.29) is 18.1 Å². The Morgan fingerprint density at radius 3 is 2.35 bits per heavy atom. The number of esters is 1. The van der Waals surface area contributed by atoms with Crippen LogP contribution in [0.3, 0.4) is 0 Å². The fourth-order valence-electron chi connectivity index (χ4n) is 1.03. The van der Waals surface area contributed by atoms with Gasteiger partial charge in [0, 0.05) is 12.1 Å². The van der Waals surface area contributed by atoms with Gasteiger partial charge in [0.2, 0.25) is 5.91 Å². The summed E-state index contributed by atoms with van der Waals surface area (Å²) in [5.41, 5.74) is 0.375. The van der Waals surface area contributed by atoms with Crippen LogP contribution < -0.4 is 5.32 Å². The van der Waals surface area contributed by atoms with Gasteiger partial charge < -0.3 is 10.1 Å². The molecule has 5 heteroatoms. The summed E-state index contributed by atoms with van der Waals surface area (Å²) >= 11 is 0. The van der Waals surface area contributed by atoms with Gasteiger partial charge in [0.15, 0.2) is 0 Å². The van der Waals surface area contributed by atoms with Crippen LogP contribution in [0.1, 0.15) is 33.1 Å². The molecule has 0 saturated carbocycles. The third-order valence-electron chi connectivity index (χ3n) is 1.88. The summed E-state index contributed by atoms with van der Waals surface area (Å²) in [4.78, 5) is 32.6. The number of nitrogens with one attached hydrogen (secondary N) is 1. The third kappa shape index (κ3) is 9.29. The van der Waals surface area contributed by atoms with Gasteiger partial charge in [0.05, 0.1) is 13.0 Å². The zero-order valence-corrected chi connectivity index (χ0v) is 10.4. The minimum Gasteiger partial charge on any atom is -0.462 e. The first-order valence-corrected chi connectivity index (χ1v) is 5.52. The lowest BCUT2D eigenvalue weighted by molar-refractivity contribution is -0.139. The van der Waals surface area contributed by atoms with Crippen molar-refractivity contribution < 1.29 is 19.1 Å². The lowest BCUT2D eigenvalue weighted by Gasteiger charge is -2.05. The van der Waals surface area contributed by atoms with Gasteiger partial charge >= 0.3 is 5.97 Å².